The first-order chi connectivity index (χ1) is 65.6. The van der Waals surface area contributed by atoms with Gasteiger partial charge in [0.25, 0.3) is 0 Å². The lowest BCUT2D eigenvalue weighted by Crippen LogP contribution is -2.61. The molecule has 8 bridgehead atoms. The van der Waals surface area contributed by atoms with E-state index >= 15 is 0 Å². The summed E-state index contributed by atoms with van der Waals surface area (Å²) >= 11 is 0. The largest absolute Gasteiger partial charge is 0.469 e. The quantitative estimate of drug-likeness (QED) is 0.0130. The third-order valence-corrected chi connectivity index (χ3v) is 48.4. The van der Waals surface area contributed by atoms with Gasteiger partial charge in [-0.3, -0.25) is 47.9 Å². The Kier molecular flexibility index (Phi) is 42.3. The molecule has 10 saturated carbocycles. The van der Waals surface area contributed by atoms with Gasteiger partial charge in [-0.2, -0.15) is 39.5 Å². The molecule has 10 aliphatic carbocycles. The number of hydrogen-bond donors (Lipinski definition) is 3. The minimum absolute atomic E-state index is 0.0202. The Hall–Kier alpha value is -5.40. The second kappa shape index (κ2) is 47.9. The maximum Gasteiger partial charge on any atom is 0.417 e. The van der Waals surface area contributed by atoms with E-state index in [0.717, 1.165) is 95.9 Å². The van der Waals surface area contributed by atoms with E-state index in [2.05, 4.69) is 94.7 Å². The van der Waals surface area contributed by atoms with Gasteiger partial charge < -0.3 is 62.7 Å². The van der Waals surface area contributed by atoms with Crippen molar-refractivity contribution in [3.05, 3.63) is 0 Å². The molecule has 0 amide bonds. The maximum absolute atomic E-state index is 13.5. The fraction of sp³-hybridized carbons (Fsp3) is 0.908. The molecule has 0 aromatic rings. The summed E-state index contributed by atoms with van der Waals surface area (Å²) in [6.45, 7) is 64.4. The molecule has 2 saturated heterocycles. The summed E-state index contributed by atoms with van der Waals surface area (Å²) in [5.74, 6) is -7.21. The maximum atomic E-state index is 13.5. The van der Waals surface area contributed by atoms with Crippen LogP contribution < -0.4 is 0 Å². The molecule has 0 aromatic carbocycles. The standard InChI is InChI=1S/C25H42O6Si.C24H38O6Si.C18H25F9O4.C16H26O3.C14H28O2.C12H26O2Si/c1-10-24(8,9)21(26)30-19-17-11-18-20(19)31-23(28)25(18,12-17)22(27)29-13-32(14(2)3,15(4)5)16(6)7;1-7-23(2,3)20(25)29-18-14-12-17-19(18)30-22(27)24(17,13-14)21(26)28-15-8-10-16(11-9-15)31(4,5)6;1-5-13(2,16(19,20)21)12(28)31-11-7-9(14(3,29)17(22,23)24)6-10(8-11)15(4,30)18(25,26)27;1-4-14(2,3)13(17)19-16-8-11-5-12(9-16)7-15(18,6-11)10-16;1-6-9-10-12(7-2)11-16-13(15)14(4,5)8-3;1-7-12(2,3)11(13)14-9-8-10-15(4,5)6/h14-20H,10-13H2,1-9H3;14-19H,7-13H2,1-6H3;9-11,29-30H,5-8H2,1-4H3;11-12,18H,4-10H2,1-3H3;12H,6-11H2,1-5H3;7-10H2,1-6H3. The van der Waals surface area contributed by atoms with Crippen molar-refractivity contribution in [3.63, 3.8) is 0 Å². The predicted molar refractivity (Wildman–Crippen MR) is 540 cm³/mol. The van der Waals surface area contributed by atoms with Crippen LogP contribution in [0.3, 0.4) is 0 Å². The molecule has 12 fully saturated rings. The lowest BCUT2D eigenvalue weighted by molar-refractivity contribution is -0.300. The van der Waals surface area contributed by atoms with Crippen molar-refractivity contribution in [1.82, 2.24) is 0 Å². The minimum Gasteiger partial charge on any atom is -0.469 e. The summed E-state index contributed by atoms with van der Waals surface area (Å²) in [4.78, 5) is 126. The van der Waals surface area contributed by atoms with Crippen molar-refractivity contribution < 1.29 is 150 Å². The molecule has 2 aliphatic heterocycles. The Morgan fingerprint density at radius 2 is 0.847 bits per heavy atom. The Morgan fingerprint density at radius 1 is 0.444 bits per heavy atom. The van der Waals surface area contributed by atoms with Crippen LogP contribution in [-0.4, -0.2) is 196 Å². The zero-order valence-electron chi connectivity index (χ0n) is 93.5. The lowest BCUT2D eigenvalue weighted by atomic mass is 9.52. The highest BCUT2D eigenvalue weighted by Gasteiger charge is 2.78. The van der Waals surface area contributed by atoms with Gasteiger partial charge in [-0.05, 0) is 284 Å². The number of ether oxygens (including phenoxy) is 10. The highest BCUT2D eigenvalue weighted by Crippen LogP contribution is 2.66. The van der Waals surface area contributed by atoms with Crippen LogP contribution in [0, 0.1) is 96.6 Å². The van der Waals surface area contributed by atoms with E-state index < -0.39 is 190 Å². The molecule has 0 spiro atoms. The van der Waals surface area contributed by atoms with Crippen LogP contribution in [0.15, 0.2) is 0 Å². The van der Waals surface area contributed by atoms with Gasteiger partial charge in [0.1, 0.15) is 50.3 Å². The van der Waals surface area contributed by atoms with E-state index in [1.165, 1.54) is 31.7 Å². The van der Waals surface area contributed by atoms with Gasteiger partial charge in [-0.1, -0.05) is 162 Å². The van der Waals surface area contributed by atoms with Crippen LogP contribution in [-0.2, 0) is 95.3 Å². The van der Waals surface area contributed by atoms with Gasteiger partial charge in [0, 0.05) is 58.1 Å². The molecular formula is C109H185F9O23Si3. The number of aliphatic hydroxyl groups is 3. The molecule has 35 heteroatoms. The molecule has 0 radical (unpaired) electrons. The minimum atomic E-state index is -5.29. The van der Waals surface area contributed by atoms with Crippen molar-refractivity contribution in [3.8, 4) is 0 Å². The average molecular weight is 2120 g/mol. The van der Waals surface area contributed by atoms with Crippen molar-refractivity contribution in [2.45, 2.75) is 512 Å². The summed E-state index contributed by atoms with van der Waals surface area (Å²) in [6.07, 6.45) is -1.25. The van der Waals surface area contributed by atoms with Gasteiger partial charge in [-0.15, -0.1) is 0 Å². The summed E-state index contributed by atoms with van der Waals surface area (Å²) in [6, 6.07) is 1.23. The molecule has 144 heavy (non-hydrogen) atoms. The first kappa shape index (κ1) is 127. The van der Waals surface area contributed by atoms with Crippen molar-refractivity contribution in [2.75, 3.05) is 19.4 Å². The van der Waals surface area contributed by atoms with E-state index in [9.17, 15) is 103 Å². The molecule has 12 rings (SSSR count). The second-order valence-corrected chi connectivity index (χ2v) is 68.9. The lowest BCUT2D eigenvalue weighted by Gasteiger charge is -2.59. The highest BCUT2D eigenvalue weighted by atomic mass is 28.3. The van der Waals surface area contributed by atoms with E-state index in [1.807, 2.05) is 104 Å². The van der Waals surface area contributed by atoms with Gasteiger partial charge in [-0.25, -0.2) is 0 Å². The normalized spacial score (nSPS) is 30.5. The Morgan fingerprint density at radius 3 is 1.21 bits per heavy atom. The Bertz CT molecular complexity index is 4260. The molecule has 0 aromatic heterocycles. The summed E-state index contributed by atoms with van der Waals surface area (Å²) in [5.41, 5.74) is -13.5. The topological polar surface area (TPSA) is 324 Å². The number of carbonyl (C=O) groups is 10. The monoisotopic (exact) mass is 2120 g/mol. The SMILES string of the molecule is CCC(C)(C(=O)OC1CC(C(C)(O)C(F)(F)F)CC(C(C)(O)C(F)(F)F)C1)C(F)(F)F.CCC(C)(C)C(=O)OC12CC3CC(CC(O)(C3)C1)C2.CCC(C)(C)C(=O)OC1C2CC3C1OC(=O)C3(C(=O)OC1CCC([Si](C)(C)C)CC1)C2.CCC(C)(C)C(=O)OC1C2CC3C1OC(=O)C3(C(=O)OC[Si](C(C)C)(C(C)C)C(C)C)C2.CCC(C)(C)C(=O)OCCC[Si](C)(C)C.CCCCC(CC)COC(=O)C(C)(C)CC. The number of esters is 10. The molecule has 834 valence electrons. The van der Waals surface area contributed by atoms with E-state index in [1.54, 1.807) is 0 Å². The number of unbranched alkanes of at least 4 members (excludes halogenated alkanes) is 1. The highest BCUT2D eigenvalue weighted by molar-refractivity contribution is 6.83. The fourth-order valence-electron chi connectivity index (χ4n) is 23.6. The molecule has 3 N–H and O–H groups in total. The van der Waals surface area contributed by atoms with Crippen LogP contribution >= 0.6 is 0 Å². The molecule has 12 aliphatic rings. The molecular weight excluding hydrogens is 1930 g/mol. The molecule has 18 atom stereocenters. The summed E-state index contributed by atoms with van der Waals surface area (Å²) in [5, 5.41) is 30.5. The van der Waals surface area contributed by atoms with Crippen LogP contribution in [0.4, 0.5) is 39.5 Å². The first-order valence-electron chi connectivity index (χ1n) is 54.0. The summed E-state index contributed by atoms with van der Waals surface area (Å²) in [7, 11) is -4.10. The van der Waals surface area contributed by atoms with Crippen LogP contribution in [0.25, 0.3) is 0 Å². The Balaban J connectivity index is 0.000000271. The van der Waals surface area contributed by atoms with Crippen LogP contribution in [0.5, 0.6) is 0 Å². The van der Waals surface area contributed by atoms with Crippen molar-refractivity contribution >= 4 is 83.9 Å². The number of halogens is 9. The van der Waals surface area contributed by atoms with E-state index in [0.29, 0.717) is 120 Å². The number of rotatable bonds is 37. The Labute approximate surface area is 857 Å². The van der Waals surface area contributed by atoms with Gasteiger partial charge in [0.2, 0.25) is 0 Å². The first-order valence-corrected chi connectivity index (χ1v) is 63.7. The van der Waals surface area contributed by atoms with Crippen molar-refractivity contribution in [2.24, 2.45) is 96.6 Å². The second-order valence-electron chi connectivity index (χ2n) is 51.8. The number of carbonyl (C=O) groups excluding carboxylic acids is 10. The fourth-order valence-corrected chi connectivity index (χ4v) is 32.2. The zero-order valence-corrected chi connectivity index (χ0v) is 96.5. The molecule has 18 unspecified atom stereocenters. The zero-order chi connectivity index (χ0) is 110. The van der Waals surface area contributed by atoms with Gasteiger partial charge in [0.15, 0.2) is 27.4 Å². The summed E-state index contributed by atoms with van der Waals surface area (Å²) < 4.78 is 176. The number of fused-ring (bicyclic) bond motifs is 2. The van der Waals surface area contributed by atoms with E-state index in [-0.39, 0.29) is 76.1 Å². The molecule has 23 nitrogen and oxygen atoms in total. The smallest absolute Gasteiger partial charge is 0.417 e. The predicted octanol–water partition coefficient (Wildman–Crippen LogP) is 25.4. The third-order valence-electron chi connectivity index (χ3n) is 36.4. The average Bonchev–Trinajstić information content (AvgIpc) is 1.53. The van der Waals surface area contributed by atoms with Crippen molar-refractivity contribution in [1.29, 1.82) is 0 Å². The van der Waals surface area contributed by atoms with E-state index in [4.69, 9.17) is 47.4 Å². The van der Waals surface area contributed by atoms with Gasteiger partial charge in [0.05, 0.1) is 52.1 Å². The van der Waals surface area contributed by atoms with Crippen LogP contribution in [0.1, 0.15) is 367 Å². The third kappa shape index (κ3) is 28.7. The number of hydrogen-bond acceptors (Lipinski definition) is 23. The number of alkyl halides is 9. The molecule has 2 heterocycles. The van der Waals surface area contributed by atoms with Gasteiger partial charge >= 0.3 is 78.2 Å². The van der Waals surface area contributed by atoms with Crippen LogP contribution in [0.2, 0.25) is 67.5 Å².